The summed E-state index contributed by atoms with van der Waals surface area (Å²) in [6.07, 6.45) is 3.51. The van der Waals surface area contributed by atoms with Crippen LogP contribution in [0.5, 0.6) is 0 Å². The van der Waals surface area contributed by atoms with Gasteiger partial charge in [0.1, 0.15) is 0 Å². The Morgan fingerprint density at radius 2 is 1.96 bits per heavy atom. The zero-order valence-corrected chi connectivity index (χ0v) is 14.0. The third kappa shape index (κ3) is 5.21. The van der Waals surface area contributed by atoms with Crippen LogP contribution in [-0.2, 0) is 22.1 Å². The molecule has 1 aliphatic rings. The Balaban J connectivity index is 2.00. The molecule has 0 saturated heterocycles. The second-order valence-corrected chi connectivity index (χ2v) is 6.58. The Bertz CT molecular complexity index is 534. The van der Waals surface area contributed by atoms with Crippen molar-refractivity contribution in [2.45, 2.75) is 64.5 Å². The number of carbonyl (C=O) groups excluding carboxylic acids is 1. The number of alkyl halides is 3. The second-order valence-electron chi connectivity index (χ2n) is 6.58. The van der Waals surface area contributed by atoms with Gasteiger partial charge in [-0.1, -0.05) is 19.3 Å². The van der Waals surface area contributed by atoms with Crippen molar-refractivity contribution in [3.63, 3.8) is 0 Å². The van der Waals surface area contributed by atoms with Crippen molar-refractivity contribution < 1.29 is 22.7 Å². The molecular formula is C18H24F3NO2. The van der Waals surface area contributed by atoms with E-state index in [-0.39, 0.29) is 11.4 Å². The summed E-state index contributed by atoms with van der Waals surface area (Å²) >= 11 is 0. The van der Waals surface area contributed by atoms with Crippen molar-refractivity contribution >= 4 is 5.97 Å². The number of pyridine rings is 1. The van der Waals surface area contributed by atoms with Gasteiger partial charge in [0.15, 0.2) is 0 Å². The number of halogens is 3. The minimum atomic E-state index is -4.36. The van der Waals surface area contributed by atoms with E-state index in [0.717, 1.165) is 44.4 Å². The highest BCUT2D eigenvalue weighted by molar-refractivity contribution is 5.70. The number of esters is 1. The quantitative estimate of drug-likeness (QED) is 0.687. The lowest BCUT2D eigenvalue weighted by molar-refractivity contribution is -0.146. The Kier molecular flexibility index (Phi) is 6.24. The molecule has 1 saturated carbocycles. The molecule has 0 spiro atoms. The van der Waals surface area contributed by atoms with Crippen LogP contribution in [0.1, 0.15) is 63.1 Å². The number of aryl methyl sites for hydroxylation is 1. The molecule has 0 N–H and O–H groups in total. The van der Waals surface area contributed by atoms with Crippen molar-refractivity contribution in [1.82, 2.24) is 4.98 Å². The summed E-state index contributed by atoms with van der Waals surface area (Å²) in [6, 6.07) is 2.50. The van der Waals surface area contributed by atoms with Gasteiger partial charge in [-0.05, 0) is 50.2 Å². The summed E-state index contributed by atoms with van der Waals surface area (Å²) in [5, 5.41) is 0. The van der Waals surface area contributed by atoms with Crippen LogP contribution < -0.4 is 0 Å². The number of rotatable bonds is 6. The maximum absolute atomic E-state index is 12.6. The minimum absolute atomic E-state index is 0.102. The Labute approximate surface area is 140 Å². The lowest BCUT2D eigenvalue weighted by Gasteiger charge is -2.36. The molecule has 2 rings (SSSR count). The van der Waals surface area contributed by atoms with Gasteiger partial charge in [0, 0.05) is 11.9 Å². The second kappa shape index (κ2) is 7.99. The topological polar surface area (TPSA) is 39.2 Å². The predicted molar refractivity (Wildman–Crippen MR) is 84.3 cm³/mol. The average molecular weight is 343 g/mol. The van der Waals surface area contributed by atoms with E-state index in [1.807, 2.05) is 0 Å². The molecule has 0 aromatic carbocycles. The van der Waals surface area contributed by atoms with Crippen LogP contribution >= 0.6 is 0 Å². The zero-order chi connectivity index (χ0) is 17.6. The molecule has 134 valence electrons. The van der Waals surface area contributed by atoms with Gasteiger partial charge in [-0.2, -0.15) is 13.2 Å². The summed E-state index contributed by atoms with van der Waals surface area (Å²) in [5.41, 5.74) is -0.198. The van der Waals surface area contributed by atoms with E-state index in [1.54, 1.807) is 6.92 Å². The highest BCUT2D eigenvalue weighted by Gasteiger charge is 2.35. The first-order valence-electron chi connectivity index (χ1n) is 8.52. The maximum Gasteiger partial charge on any atom is 0.417 e. The van der Waals surface area contributed by atoms with E-state index >= 15 is 0 Å². The van der Waals surface area contributed by atoms with Crippen molar-refractivity contribution in [1.29, 1.82) is 0 Å². The van der Waals surface area contributed by atoms with Gasteiger partial charge < -0.3 is 4.74 Å². The summed E-state index contributed by atoms with van der Waals surface area (Å²) in [5.74, 6) is -0.181. The number of aromatic nitrogens is 1. The zero-order valence-electron chi connectivity index (χ0n) is 14.0. The lowest BCUT2D eigenvalue weighted by Crippen LogP contribution is -2.29. The molecule has 24 heavy (non-hydrogen) atoms. The third-order valence-electron chi connectivity index (χ3n) is 4.80. The number of hydrogen-bond donors (Lipinski definition) is 0. The van der Waals surface area contributed by atoms with Crippen LogP contribution in [0, 0.1) is 5.41 Å². The van der Waals surface area contributed by atoms with E-state index in [4.69, 9.17) is 4.74 Å². The lowest BCUT2D eigenvalue weighted by atomic mass is 9.69. The molecule has 0 aliphatic heterocycles. The molecule has 0 unspecified atom stereocenters. The Morgan fingerprint density at radius 3 is 2.50 bits per heavy atom. The minimum Gasteiger partial charge on any atom is -0.466 e. The SMILES string of the molecule is CCOC(=O)CC1(CCc2ccc(C(F)(F)F)cn2)CCCCC1. The fourth-order valence-corrected chi connectivity index (χ4v) is 3.47. The molecule has 1 aromatic heterocycles. The fourth-order valence-electron chi connectivity index (χ4n) is 3.47. The van der Waals surface area contributed by atoms with Gasteiger partial charge in [0.2, 0.25) is 0 Å². The van der Waals surface area contributed by atoms with Gasteiger partial charge in [0.25, 0.3) is 0 Å². The predicted octanol–water partition coefficient (Wildman–Crippen LogP) is 4.94. The first-order chi connectivity index (χ1) is 11.3. The van der Waals surface area contributed by atoms with E-state index < -0.39 is 11.7 Å². The monoisotopic (exact) mass is 343 g/mol. The van der Waals surface area contributed by atoms with Gasteiger partial charge in [-0.15, -0.1) is 0 Å². The standard InChI is InChI=1S/C18H24F3NO2/c1-2-24-16(23)12-17(9-4-3-5-10-17)11-8-15-7-6-14(13-22-15)18(19,20)21/h6-7,13H,2-5,8-12H2,1H3. The molecule has 1 aromatic rings. The smallest absolute Gasteiger partial charge is 0.417 e. The van der Waals surface area contributed by atoms with E-state index in [1.165, 1.54) is 12.5 Å². The van der Waals surface area contributed by atoms with E-state index in [9.17, 15) is 18.0 Å². The van der Waals surface area contributed by atoms with Crippen molar-refractivity contribution in [3.05, 3.63) is 29.6 Å². The molecule has 0 radical (unpaired) electrons. The van der Waals surface area contributed by atoms with Crippen LogP contribution in [0.2, 0.25) is 0 Å². The number of ether oxygens (including phenoxy) is 1. The van der Waals surface area contributed by atoms with E-state index in [2.05, 4.69) is 4.98 Å². The maximum atomic E-state index is 12.6. The van der Waals surface area contributed by atoms with Gasteiger partial charge in [0.05, 0.1) is 18.6 Å². The number of carbonyl (C=O) groups is 1. The van der Waals surface area contributed by atoms with Crippen LogP contribution in [0.3, 0.4) is 0 Å². The van der Waals surface area contributed by atoms with Crippen LogP contribution in [0.4, 0.5) is 13.2 Å². The molecule has 6 heteroatoms. The number of nitrogens with zero attached hydrogens (tertiary/aromatic N) is 1. The van der Waals surface area contributed by atoms with Crippen molar-refractivity contribution in [3.8, 4) is 0 Å². The van der Waals surface area contributed by atoms with Gasteiger partial charge in [-0.3, -0.25) is 9.78 Å². The van der Waals surface area contributed by atoms with Crippen molar-refractivity contribution in [2.75, 3.05) is 6.61 Å². The molecule has 0 amide bonds. The largest absolute Gasteiger partial charge is 0.466 e. The Morgan fingerprint density at radius 1 is 1.25 bits per heavy atom. The molecule has 1 heterocycles. The van der Waals surface area contributed by atoms with Gasteiger partial charge >= 0.3 is 12.1 Å². The Hall–Kier alpha value is -1.59. The van der Waals surface area contributed by atoms with Crippen molar-refractivity contribution in [2.24, 2.45) is 5.41 Å². The highest BCUT2D eigenvalue weighted by Crippen LogP contribution is 2.43. The van der Waals surface area contributed by atoms with Crippen LogP contribution in [-0.4, -0.2) is 17.6 Å². The fraction of sp³-hybridized carbons (Fsp3) is 0.667. The molecule has 3 nitrogen and oxygen atoms in total. The molecule has 1 fully saturated rings. The number of hydrogen-bond acceptors (Lipinski definition) is 3. The third-order valence-corrected chi connectivity index (χ3v) is 4.80. The summed E-state index contributed by atoms with van der Waals surface area (Å²) in [7, 11) is 0. The summed E-state index contributed by atoms with van der Waals surface area (Å²) < 4.78 is 42.8. The van der Waals surface area contributed by atoms with E-state index in [0.29, 0.717) is 25.1 Å². The summed E-state index contributed by atoms with van der Waals surface area (Å²) in [6.45, 7) is 2.16. The molecule has 0 atom stereocenters. The molecular weight excluding hydrogens is 319 g/mol. The average Bonchev–Trinajstić information content (AvgIpc) is 2.54. The highest BCUT2D eigenvalue weighted by atomic mass is 19.4. The first kappa shape index (κ1) is 18.7. The van der Waals surface area contributed by atoms with Crippen LogP contribution in [0.25, 0.3) is 0 Å². The normalized spacial score (nSPS) is 17.5. The molecule has 0 bridgehead atoms. The molecule has 1 aliphatic carbocycles. The summed E-state index contributed by atoms with van der Waals surface area (Å²) in [4.78, 5) is 15.9. The van der Waals surface area contributed by atoms with Gasteiger partial charge in [-0.25, -0.2) is 0 Å². The van der Waals surface area contributed by atoms with Crippen LogP contribution in [0.15, 0.2) is 18.3 Å². The first-order valence-corrected chi connectivity index (χ1v) is 8.52.